The van der Waals surface area contributed by atoms with Crippen LogP contribution in [0.4, 0.5) is 0 Å². The van der Waals surface area contributed by atoms with E-state index in [1.807, 2.05) is 11.3 Å². The van der Waals surface area contributed by atoms with Crippen molar-refractivity contribution in [3.63, 3.8) is 0 Å². The van der Waals surface area contributed by atoms with Gasteiger partial charge in [0.15, 0.2) is 0 Å². The van der Waals surface area contributed by atoms with Crippen LogP contribution in [0.15, 0.2) is 11.4 Å². The molecule has 4 heteroatoms. The Labute approximate surface area is 106 Å². The van der Waals surface area contributed by atoms with Crippen LogP contribution in [0.5, 0.6) is 0 Å². The first-order valence-electron chi connectivity index (χ1n) is 5.69. The van der Waals surface area contributed by atoms with E-state index >= 15 is 0 Å². The van der Waals surface area contributed by atoms with Gasteiger partial charge in [-0.1, -0.05) is 19.1 Å². The van der Waals surface area contributed by atoms with Crippen LogP contribution in [0.1, 0.15) is 30.3 Å². The van der Waals surface area contributed by atoms with Crippen LogP contribution in [0.3, 0.4) is 0 Å². The molecule has 2 rings (SSSR count). The normalized spacial score (nSPS) is 22.8. The van der Waals surface area contributed by atoms with Crippen LogP contribution in [-0.2, 0) is 6.42 Å². The predicted molar refractivity (Wildman–Crippen MR) is 74.0 cm³/mol. The van der Waals surface area contributed by atoms with E-state index in [9.17, 15) is 0 Å². The number of thiophene rings is 1. The quantitative estimate of drug-likeness (QED) is 0.841. The Kier molecular flexibility index (Phi) is 3.62. The molecule has 0 amide bonds. The smallest absolute Gasteiger partial charge is 0.0768 e. The van der Waals surface area contributed by atoms with Gasteiger partial charge in [-0.15, -0.1) is 11.3 Å². The number of hydrogen-bond donors (Lipinski definition) is 1. The number of nitrogens with two attached hydrogens (primary N) is 1. The van der Waals surface area contributed by atoms with E-state index in [0.29, 0.717) is 16.9 Å². The van der Waals surface area contributed by atoms with E-state index in [0.717, 1.165) is 13.1 Å². The molecule has 1 aliphatic heterocycles. The third-order valence-electron chi connectivity index (χ3n) is 3.40. The van der Waals surface area contributed by atoms with Crippen molar-refractivity contribution in [1.82, 2.24) is 4.90 Å². The minimum Gasteiger partial charge on any atom is -0.393 e. The summed E-state index contributed by atoms with van der Waals surface area (Å²) in [6.07, 6.45) is 1.17. The van der Waals surface area contributed by atoms with Crippen LogP contribution in [0.25, 0.3) is 0 Å². The van der Waals surface area contributed by atoms with Crippen LogP contribution in [0, 0.1) is 5.92 Å². The highest BCUT2D eigenvalue weighted by molar-refractivity contribution is 7.80. The highest BCUT2D eigenvalue weighted by Gasteiger charge is 2.25. The number of rotatable bonds is 3. The molecule has 0 bridgehead atoms. The maximum absolute atomic E-state index is 5.68. The summed E-state index contributed by atoms with van der Waals surface area (Å²) in [7, 11) is 0. The molecule has 2 atom stereocenters. The zero-order chi connectivity index (χ0) is 11.7. The van der Waals surface area contributed by atoms with Gasteiger partial charge in [0.25, 0.3) is 0 Å². The molecule has 0 aliphatic carbocycles. The maximum atomic E-state index is 5.68. The lowest BCUT2D eigenvalue weighted by Gasteiger charge is -2.35. The van der Waals surface area contributed by atoms with Gasteiger partial charge in [-0.3, -0.25) is 4.90 Å². The van der Waals surface area contributed by atoms with Crippen molar-refractivity contribution in [3.05, 3.63) is 21.9 Å². The minimum absolute atomic E-state index is 0.303. The molecule has 16 heavy (non-hydrogen) atoms. The van der Waals surface area contributed by atoms with Crippen molar-refractivity contribution >= 4 is 28.5 Å². The maximum Gasteiger partial charge on any atom is 0.0768 e. The van der Waals surface area contributed by atoms with Crippen molar-refractivity contribution in [2.75, 3.05) is 13.1 Å². The molecule has 1 aromatic heterocycles. The molecule has 0 radical (unpaired) electrons. The third kappa shape index (κ3) is 2.29. The molecule has 0 aromatic carbocycles. The Balaban J connectivity index is 2.07. The van der Waals surface area contributed by atoms with Crippen molar-refractivity contribution in [2.45, 2.75) is 26.3 Å². The highest BCUT2D eigenvalue weighted by Crippen LogP contribution is 2.33. The average molecular weight is 254 g/mol. The van der Waals surface area contributed by atoms with E-state index in [-0.39, 0.29) is 0 Å². The number of fused-ring (bicyclic) bond motifs is 1. The first-order chi connectivity index (χ1) is 7.59. The first kappa shape index (κ1) is 12.0. The molecular weight excluding hydrogens is 236 g/mol. The molecule has 2 nitrogen and oxygen atoms in total. The molecule has 0 saturated carbocycles. The lowest BCUT2D eigenvalue weighted by Crippen LogP contribution is -2.39. The Hall–Kier alpha value is -0.450. The topological polar surface area (TPSA) is 29.3 Å². The van der Waals surface area contributed by atoms with E-state index in [4.69, 9.17) is 18.0 Å². The predicted octanol–water partition coefficient (Wildman–Crippen LogP) is 2.59. The zero-order valence-electron chi connectivity index (χ0n) is 9.77. The van der Waals surface area contributed by atoms with Crippen LogP contribution >= 0.6 is 23.6 Å². The fourth-order valence-corrected chi connectivity index (χ4v) is 3.29. The molecule has 0 fully saturated rings. The Bertz CT molecular complexity index is 386. The first-order valence-corrected chi connectivity index (χ1v) is 6.98. The number of nitrogens with zero attached hydrogens (tertiary/aromatic N) is 1. The van der Waals surface area contributed by atoms with E-state index < -0.39 is 0 Å². The molecule has 2 unspecified atom stereocenters. The summed E-state index contributed by atoms with van der Waals surface area (Å²) in [6.45, 7) is 6.49. The minimum atomic E-state index is 0.303. The summed E-state index contributed by atoms with van der Waals surface area (Å²) in [5.41, 5.74) is 7.17. The standard InChI is InChI=1S/C12H18N2S2/c1-8(12(13)15)7-14-5-3-11-10(9(14)2)4-6-16-11/h4,6,8-9H,3,5,7H2,1-2H3,(H2,13,15). The monoisotopic (exact) mass is 254 g/mol. The molecule has 2 heterocycles. The van der Waals surface area contributed by atoms with Gasteiger partial charge >= 0.3 is 0 Å². The lowest BCUT2D eigenvalue weighted by molar-refractivity contribution is 0.189. The zero-order valence-corrected chi connectivity index (χ0v) is 11.4. The summed E-state index contributed by atoms with van der Waals surface area (Å²) in [5, 5.41) is 2.20. The van der Waals surface area contributed by atoms with Gasteiger partial charge < -0.3 is 5.73 Å². The van der Waals surface area contributed by atoms with Gasteiger partial charge in [0.2, 0.25) is 0 Å². The van der Waals surface area contributed by atoms with Crippen molar-refractivity contribution in [3.8, 4) is 0 Å². The van der Waals surface area contributed by atoms with Crippen molar-refractivity contribution < 1.29 is 0 Å². The second-order valence-corrected chi connectivity index (χ2v) is 6.00. The number of hydrogen-bond acceptors (Lipinski definition) is 3. The van der Waals surface area contributed by atoms with Gasteiger partial charge in [0, 0.05) is 29.9 Å². The molecular formula is C12H18N2S2. The van der Waals surface area contributed by atoms with Crippen molar-refractivity contribution in [1.29, 1.82) is 0 Å². The summed E-state index contributed by atoms with van der Waals surface area (Å²) in [6, 6.07) is 2.76. The third-order valence-corrected chi connectivity index (χ3v) is 4.80. The Morgan fingerprint density at radius 1 is 1.75 bits per heavy atom. The van der Waals surface area contributed by atoms with Crippen LogP contribution < -0.4 is 5.73 Å². The van der Waals surface area contributed by atoms with E-state index in [1.165, 1.54) is 12.0 Å². The molecule has 2 N–H and O–H groups in total. The van der Waals surface area contributed by atoms with Gasteiger partial charge in [0.05, 0.1) is 4.99 Å². The fraction of sp³-hybridized carbons (Fsp3) is 0.583. The number of thiocarbonyl (C=S) groups is 1. The Morgan fingerprint density at radius 2 is 2.50 bits per heavy atom. The summed E-state index contributed by atoms with van der Waals surface area (Å²) in [4.78, 5) is 4.66. The van der Waals surface area contributed by atoms with Crippen molar-refractivity contribution in [2.24, 2.45) is 11.7 Å². The SMILES string of the molecule is CC(CN1CCc2sccc2C1C)C(N)=S. The molecule has 0 saturated heterocycles. The molecule has 0 spiro atoms. The summed E-state index contributed by atoms with van der Waals surface area (Å²) < 4.78 is 0. The second kappa shape index (κ2) is 4.82. The highest BCUT2D eigenvalue weighted by atomic mass is 32.1. The van der Waals surface area contributed by atoms with E-state index in [1.54, 1.807) is 4.88 Å². The van der Waals surface area contributed by atoms with Crippen LogP contribution in [-0.4, -0.2) is 23.0 Å². The van der Waals surface area contributed by atoms with E-state index in [2.05, 4.69) is 30.2 Å². The molecule has 1 aromatic rings. The largest absolute Gasteiger partial charge is 0.393 e. The fourth-order valence-electron chi connectivity index (χ4n) is 2.25. The van der Waals surface area contributed by atoms with Gasteiger partial charge in [-0.25, -0.2) is 0 Å². The second-order valence-electron chi connectivity index (χ2n) is 4.52. The molecule has 1 aliphatic rings. The summed E-state index contributed by atoms with van der Waals surface area (Å²) >= 11 is 6.92. The molecule has 88 valence electrons. The summed E-state index contributed by atoms with van der Waals surface area (Å²) in [5.74, 6) is 0.303. The van der Waals surface area contributed by atoms with Crippen LogP contribution in [0.2, 0.25) is 0 Å². The lowest BCUT2D eigenvalue weighted by atomic mass is 10.00. The average Bonchev–Trinajstić information content (AvgIpc) is 2.70. The van der Waals surface area contributed by atoms with Gasteiger partial charge in [0.1, 0.15) is 0 Å². The Morgan fingerprint density at radius 3 is 3.19 bits per heavy atom. The van der Waals surface area contributed by atoms with Gasteiger partial charge in [-0.05, 0) is 30.4 Å². The van der Waals surface area contributed by atoms with Gasteiger partial charge in [-0.2, -0.15) is 0 Å².